The Morgan fingerprint density at radius 3 is 2.87 bits per heavy atom. The van der Waals surface area contributed by atoms with Gasteiger partial charge >= 0.3 is 0 Å². The lowest BCUT2D eigenvalue weighted by Crippen LogP contribution is -2.18. The van der Waals surface area contributed by atoms with Gasteiger partial charge in [0.1, 0.15) is 16.8 Å². The molecule has 0 bridgehead atoms. The summed E-state index contributed by atoms with van der Waals surface area (Å²) in [6.45, 7) is 4.12. The van der Waals surface area contributed by atoms with Crippen molar-refractivity contribution in [2.24, 2.45) is 0 Å². The number of nitrogens with zero attached hydrogens (tertiary/aromatic N) is 2. The minimum absolute atomic E-state index is 0.160. The lowest BCUT2D eigenvalue weighted by Gasteiger charge is -2.13. The van der Waals surface area contributed by atoms with E-state index in [0.717, 1.165) is 12.2 Å². The van der Waals surface area contributed by atoms with Crippen LogP contribution in [0, 0.1) is 0 Å². The van der Waals surface area contributed by atoms with E-state index in [-0.39, 0.29) is 12.6 Å². The van der Waals surface area contributed by atoms with Gasteiger partial charge in [-0.1, -0.05) is 18.5 Å². The highest BCUT2D eigenvalue weighted by molar-refractivity contribution is 6.29. The highest BCUT2D eigenvalue weighted by Crippen LogP contribution is 2.13. The SMILES string of the molecule is CCc1nc(Cl)cc(NC(C)CCO)n1. The summed E-state index contributed by atoms with van der Waals surface area (Å²) in [7, 11) is 0. The number of aromatic nitrogens is 2. The molecule has 1 aromatic rings. The molecule has 0 aliphatic rings. The molecule has 0 aliphatic carbocycles. The van der Waals surface area contributed by atoms with Crippen molar-refractivity contribution < 1.29 is 5.11 Å². The molecule has 0 amide bonds. The number of halogens is 1. The van der Waals surface area contributed by atoms with Crippen molar-refractivity contribution in [1.82, 2.24) is 9.97 Å². The first kappa shape index (κ1) is 12.2. The van der Waals surface area contributed by atoms with Crippen LogP contribution in [0.15, 0.2) is 6.07 Å². The van der Waals surface area contributed by atoms with Gasteiger partial charge in [-0.2, -0.15) is 0 Å². The zero-order valence-electron chi connectivity index (χ0n) is 9.00. The van der Waals surface area contributed by atoms with Crippen LogP contribution in [0.5, 0.6) is 0 Å². The molecule has 1 heterocycles. The number of nitrogens with one attached hydrogen (secondary N) is 1. The Hall–Kier alpha value is -0.870. The van der Waals surface area contributed by atoms with Crippen LogP contribution >= 0.6 is 11.6 Å². The summed E-state index contributed by atoms with van der Waals surface area (Å²) in [5, 5.41) is 12.4. The first-order valence-corrected chi connectivity index (χ1v) is 5.44. The molecule has 0 aromatic carbocycles. The van der Waals surface area contributed by atoms with E-state index in [0.29, 0.717) is 17.4 Å². The van der Waals surface area contributed by atoms with Crippen molar-refractivity contribution in [1.29, 1.82) is 0 Å². The average molecular weight is 230 g/mol. The number of aliphatic hydroxyl groups excluding tert-OH is 1. The molecule has 0 radical (unpaired) electrons. The second kappa shape index (κ2) is 5.88. The van der Waals surface area contributed by atoms with Crippen LogP contribution in [0.1, 0.15) is 26.1 Å². The van der Waals surface area contributed by atoms with Gasteiger partial charge in [0.2, 0.25) is 0 Å². The quantitative estimate of drug-likeness (QED) is 0.757. The minimum Gasteiger partial charge on any atom is -0.396 e. The van der Waals surface area contributed by atoms with Gasteiger partial charge in [-0.05, 0) is 13.3 Å². The highest BCUT2D eigenvalue weighted by Gasteiger charge is 2.05. The number of hydrogen-bond donors (Lipinski definition) is 2. The molecule has 4 nitrogen and oxygen atoms in total. The van der Waals surface area contributed by atoms with Crippen molar-refractivity contribution in [3.8, 4) is 0 Å². The van der Waals surface area contributed by atoms with E-state index in [1.807, 2.05) is 13.8 Å². The van der Waals surface area contributed by atoms with Gasteiger partial charge in [-0.25, -0.2) is 9.97 Å². The second-order valence-electron chi connectivity index (χ2n) is 3.40. The van der Waals surface area contributed by atoms with Crippen LogP contribution in [0.4, 0.5) is 5.82 Å². The van der Waals surface area contributed by atoms with E-state index in [1.54, 1.807) is 6.07 Å². The average Bonchev–Trinajstić information content (AvgIpc) is 2.17. The Bertz CT molecular complexity index is 320. The lowest BCUT2D eigenvalue weighted by molar-refractivity contribution is 0.282. The monoisotopic (exact) mass is 229 g/mol. The molecule has 1 unspecified atom stereocenters. The van der Waals surface area contributed by atoms with E-state index in [9.17, 15) is 0 Å². The molecule has 5 heteroatoms. The maximum atomic E-state index is 8.77. The van der Waals surface area contributed by atoms with Crippen molar-refractivity contribution in [3.63, 3.8) is 0 Å². The summed E-state index contributed by atoms with van der Waals surface area (Å²) >= 11 is 5.85. The third kappa shape index (κ3) is 4.01. The number of rotatable bonds is 5. The van der Waals surface area contributed by atoms with E-state index < -0.39 is 0 Å². The number of hydrogen-bond acceptors (Lipinski definition) is 4. The van der Waals surface area contributed by atoms with Gasteiger partial charge in [0.05, 0.1) is 0 Å². The van der Waals surface area contributed by atoms with Crippen LogP contribution in [0.3, 0.4) is 0 Å². The van der Waals surface area contributed by atoms with Gasteiger partial charge in [0, 0.05) is 25.1 Å². The second-order valence-corrected chi connectivity index (χ2v) is 3.79. The molecule has 84 valence electrons. The third-order valence-corrected chi connectivity index (χ3v) is 2.21. The van der Waals surface area contributed by atoms with Crippen LogP contribution in [0.25, 0.3) is 0 Å². The molecule has 15 heavy (non-hydrogen) atoms. The summed E-state index contributed by atoms with van der Waals surface area (Å²) in [5.41, 5.74) is 0. The smallest absolute Gasteiger partial charge is 0.134 e. The molecular weight excluding hydrogens is 214 g/mol. The Labute approximate surface area is 94.7 Å². The van der Waals surface area contributed by atoms with Crippen LogP contribution < -0.4 is 5.32 Å². The molecule has 0 spiro atoms. The van der Waals surface area contributed by atoms with Crippen LogP contribution in [0.2, 0.25) is 5.15 Å². The van der Waals surface area contributed by atoms with E-state index >= 15 is 0 Å². The Morgan fingerprint density at radius 2 is 2.27 bits per heavy atom. The molecule has 0 saturated heterocycles. The molecule has 1 aromatic heterocycles. The zero-order valence-corrected chi connectivity index (χ0v) is 9.75. The van der Waals surface area contributed by atoms with Gasteiger partial charge in [0.15, 0.2) is 0 Å². The first-order chi connectivity index (χ1) is 7.15. The summed E-state index contributed by atoms with van der Waals surface area (Å²) in [5.74, 6) is 1.44. The fraction of sp³-hybridized carbons (Fsp3) is 0.600. The molecule has 0 saturated carbocycles. The minimum atomic E-state index is 0.160. The van der Waals surface area contributed by atoms with Crippen LogP contribution in [-0.2, 0) is 6.42 Å². The topological polar surface area (TPSA) is 58.0 Å². The summed E-state index contributed by atoms with van der Waals surface area (Å²) in [6.07, 6.45) is 1.44. The van der Waals surface area contributed by atoms with Crippen molar-refractivity contribution in [2.75, 3.05) is 11.9 Å². The molecule has 1 atom stereocenters. The van der Waals surface area contributed by atoms with Gasteiger partial charge in [-0.3, -0.25) is 0 Å². The van der Waals surface area contributed by atoms with Gasteiger partial charge in [0.25, 0.3) is 0 Å². The summed E-state index contributed by atoms with van der Waals surface area (Å²) in [6, 6.07) is 1.86. The number of aliphatic hydroxyl groups is 1. The predicted molar refractivity (Wildman–Crippen MR) is 61.2 cm³/mol. The Balaban J connectivity index is 2.71. The molecule has 2 N–H and O–H groups in total. The molecular formula is C10H16ClN3O. The summed E-state index contributed by atoms with van der Waals surface area (Å²) in [4.78, 5) is 8.36. The van der Waals surface area contributed by atoms with E-state index in [2.05, 4.69) is 15.3 Å². The van der Waals surface area contributed by atoms with E-state index in [1.165, 1.54) is 0 Å². The Morgan fingerprint density at radius 1 is 1.53 bits per heavy atom. The third-order valence-electron chi connectivity index (χ3n) is 2.01. The van der Waals surface area contributed by atoms with Crippen molar-refractivity contribution in [2.45, 2.75) is 32.7 Å². The normalized spacial score (nSPS) is 12.5. The van der Waals surface area contributed by atoms with Crippen molar-refractivity contribution in [3.05, 3.63) is 17.0 Å². The zero-order chi connectivity index (χ0) is 11.3. The van der Waals surface area contributed by atoms with Crippen LogP contribution in [-0.4, -0.2) is 27.7 Å². The van der Waals surface area contributed by atoms with Crippen molar-refractivity contribution >= 4 is 17.4 Å². The number of anilines is 1. The molecule has 0 fully saturated rings. The predicted octanol–water partition coefficient (Wildman–Crippen LogP) is 1.88. The first-order valence-electron chi connectivity index (χ1n) is 5.06. The highest BCUT2D eigenvalue weighted by atomic mass is 35.5. The van der Waals surface area contributed by atoms with Gasteiger partial charge in [-0.15, -0.1) is 0 Å². The van der Waals surface area contributed by atoms with Gasteiger partial charge < -0.3 is 10.4 Å². The fourth-order valence-electron chi connectivity index (χ4n) is 1.22. The summed E-state index contributed by atoms with van der Waals surface area (Å²) < 4.78 is 0. The maximum absolute atomic E-state index is 8.77. The molecule has 1 rings (SSSR count). The number of aryl methyl sites for hydroxylation is 1. The Kier molecular flexibility index (Phi) is 4.78. The maximum Gasteiger partial charge on any atom is 0.134 e. The van der Waals surface area contributed by atoms with E-state index in [4.69, 9.17) is 16.7 Å². The standard InChI is InChI=1S/C10H16ClN3O/c1-3-9-13-8(11)6-10(14-9)12-7(2)4-5-15/h6-7,15H,3-5H2,1-2H3,(H,12,13,14). The largest absolute Gasteiger partial charge is 0.396 e. The lowest BCUT2D eigenvalue weighted by atomic mass is 10.2. The molecule has 0 aliphatic heterocycles. The fourth-order valence-corrected chi connectivity index (χ4v) is 1.42.